The molecule has 2 aliphatic heterocycles. The molecule has 2 heterocycles. The summed E-state index contributed by atoms with van der Waals surface area (Å²) in [4.78, 5) is 0. The Hall–Kier alpha value is -1.02. The zero-order valence-electron chi connectivity index (χ0n) is 10.8. The van der Waals surface area contributed by atoms with Gasteiger partial charge in [-0.25, -0.2) is 0 Å². The number of ether oxygens (including phenoxy) is 3. The van der Waals surface area contributed by atoms with Crippen LogP contribution in [0, 0.1) is 0 Å². The van der Waals surface area contributed by atoms with Crippen molar-refractivity contribution in [1.82, 2.24) is 0 Å². The van der Waals surface area contributed by atoms with Gasteiger partial charge in [-0.05, 0) is 0 Å². The van der Waals surface area contributed by atoms with Crippen LogP contribution < -0.4 is 0 Å². The third-order valence-corrected chi connectivity index (χ3v) is 3.73. The van der Waals surface area contributed by atoms with Crippen molar-refractivity contribution >= 4 is 0 Å². The molecule has 0 spiro atoms. The predicted octanol–water partition coefficient (Wildman–Crippen LogP) is -0.418. The Bertz CT molecular complexity index is 437. The van der Waals surface area contributed by atoms with E-state index in [4.69, 9.17) is 19.3 Å². The van der Waals surface area contributed by atoms with Crippen molar-refractivity contribution in [3.63, 3.8) is 0 Å². The van der Waals surface area contributed by atoms with E-state index in [1.54, 1.807) is 0 Å². The molecular formula is C14H18O6. The van der Waals surface area contributed by atoms with Crippen LogP contribution in [-0.2, 0) is 14.2 Å². The number of aliphatic hydroxyl groups is 3. The maximum atomic E-state index is 10.1. The molecule has 110 valence electrons. The SMILES string of the molecule is OC[C@H]1O[C@H]2COC(c3ccccc3)O[C@@H]2[C@H](O)[C@H]1O. The predicted molar refractivity (Wildman–Crippen MR) is 67.8 cm³/mol. The van der Waals surface area contributed by atoms with Crippen molar-refractivity contribution in [2.24, 2.45) is 0 Å². The van der Waals surface area contributed by atoms with E-state index in [0.717, 1.165) is 5.56 Å². The van der Waals surface area contributed by atoms with Crippen LogP contribution in [0.2, 0.25) is 0 Å². The Morgan fingerprint density at radius 1 is 1.05 bits per heavy atom. The van der Waals surface area contributed by atoms with Gasteiger partial charge in [-0.3, -0.25) is 0 Å². The van der Waals surface area contributed by atoms with Crippen LogP contribution in [0.25, 0.3) is 0 Å². The second-order valence-electron chi connectivity index (χ2n) is 5.05. The van der Waals surface area contributed by atoms with Crippen LogP contribution in [0.1, 0.15) is 11.9 Å². The second-order valence-corrected chi connectivity index (χ2v) is 5.05. The standard InChI is InChI=1S/C14H18O6/c15-6-9-11(16)12(17)13-10(19-9)7-18-14(20-13)8-4-2-1-3-5-8/h1-5,9-17H,6-7H2/t9-,10+,11+,12-,13+,14?/m1/s1. The van der Waals surface area contributed by atoms with Gasteiger partial charge >= 0.3 is 0 Å². The lowest BCUT2D eigenvalue weighted by atomic mass is 9.94. The molecule has 0 amide bonds. The first-order valence-electron chi connectivity index (χ1n) is 6.65. The number of hydrogen-bond donors (Lipinski definition) is 3. The van der Waals surface area contributed by atoms with E-state index in [-0.39, 0.29) is 13.2 Å². The summed E-state index contributed by atoms with van der Waals surface area (Å²) in [5.41, 5.74) is 0.844. The van der Waals surface area contributed by atoms with E-state index in [1.165, 1.54) is 0 Å². The lowest BCUT2D eigenvalue weighted by Crippen LogP contribution is -2.62. The summed E-state index contributed by atoms with van der Waals surface area (Å²) < 4.78 is 16.8. The first-order valence-corrected chi connectivity index (χ1v) is 6.65. The highest BCUT2D eigenvalue weighted by Crippen LogP contribution is 2.33. The van der Waals surface area contributed by atoms with Crippen LogP contribution in [0.5, 0.6) is 0 Å². The van der Waals surface area contributed by atoms with Gasteiger partial charge in [0.05, 0.1) is 13.2 Å². The Balaban J connectivity index is 1.74. The van der Waals surface area contributed by atoms with Gasteiger partial charge in [0.25, 0.3) is 0 Å². The minimum atomic E-state index is -1.17. The van der Waals surface area contributed by atoms with E-state index in [2.05, 4.69) is 0 Å². The van der Waals surface area contributed by atoms with E-state index >= 15 is 0 Å². The van der Waals surface area contributed by atoms with Crippen molar-refractivity contribution in [2.75, 3.05) is 13.2 Å². The van der Waals surface area contributed by atoms with Gasteiger partial charge in [-0.1, -0.05) is 30.3 Å². The Kier molecular flexibility index (Phi) is 4.02. The maximum Gasteiger partial charge on any atom is 0.184 e. The molecular weight excluding hydrogens is 264 g/mol. The summed E-state index contributed by atoms with van der Waals surface area (Å²) in [7, 11) is 0. The molecule has 0 aromatic heterocycles. The zero-order valence-corrected chi connectivity index (χ0v) is 10.8. The molecule has 6 heteroatoms. The Labute approximate surface area is 116 Å². The summed E-state index contributed by atoms with van der Waals surface area (Å²) in [6, 6.07) is 9.38. The van der Waals surface area contributed by atoms with Crippen LogP contribution in [0.3, 0.4) is 0 Å². The van der Waals surface area contributed by atoms with Crippen molar-refractivity contribution in [2.45, 2.75) is 36.8 Å². The first-order chi connectivity index (χ1) is 9.70. The van der Waals surface area contributed by atoms with Crippen LogP contribution in [0.4, 0.5) is 0 Å². The third kappa shape index (κ3) is 2.46. The minimum absolute atomic E-state index is 0.241. The summed E-state index contributed by atoms with van der Waals surface area (Å²) >= 11 is 0. The monoisotopic (exact) mass is 282 g/mol. The molecule has 0 bridgehead atoms. The van der Waals surface area contributed by atoms with E-state index in [1.807, 2.05) is 30.3 Å². The normalized spacial score (nSPS) is 41.1. The van der Waals surface area contributed by atoms with Crippen molar-refractivity contribution < 1.29 is 29.5 Å². The highest BCUT2D eigenvalue weighted by Gasteiger charge is 2.48. The summed E-state index contributed by atoms with van der Waals surface area (Å²) in [5.74, 6) is 0. The fraction of sp³-hybridized carbons (Fsp3) is 0.571. The molecule has 2 fully saturated rings. The lowest BCUT2D eigenvalue weighted by molar-refractivity contribution is -0.330. The largest absolute Gasteiger partial charge is 0.394 e. The highest BCUT2D eigenvalue weighted by molar-refractivity contribution is 5.16. The molecule has 6 nitrogen and oxygen atoms in total. The highest BCUT2D eigenvalue weighted by atomic mass is 16.7. The molecule has 20 heavy (non-hydrogen) atoms. The minimum Gasteiger partial charge on any atom is -0.394 e. The van der Waals surface area contributed by atoms with Crippen LogP contribution in [0.15, 0.2) is 30.3 Å². The van der Waals surface area contributed by atoms with Crippen molar-refractivity contribution in [3.05, 3.63) is 35.9 Å². The molecule has 1 unspecified atom stereocenters. The summed E-state index contributed by atoms with van der Waals surface area (Å²) in [5, 5.41) is 29.1. The van der Waals surface area contributed by atoms with Crippen LogP contribution >= 0.6 is 0 Å². The van der Waals surface area contributed by atoms with Gasteiger partial charge in [0, 0.05) is 5.56 Å². The molecule has 2 aliphatic rings. The van der Waals surface area contributed by atoms with Crippen molar-refractivity contribution in [3.8, 4) is 0 Å². The van der Waals surface area contributed by atoms with Gasteiger partial charge in [0.2, 0.25) is 0 Å². The van der Waals surface area contributed by atoms with Gasteiger partial charge in [0.15, 0.2) is 6.29 Å². The summed E-state index contributed by atoms with van der Waals surface area (Å²) in [6.45, 7) is -0.117. The van der Waals surface area contributed by atoms with Crippen LogP contribution in [-0.4, -0.2) is 59.1 Å². The molecule has 3 N–H and O–H groups in total. The number of benzene rings is 1. The quantitative estimate of drug-likeness (QED) is 0.683. The average molecular weight is 282 g/mol. The van der Waals surface area contributed by atoms with E-state index in [0.29, 0.717) is 0 Å². The molecule has 1 aromatic carbocycles. The smallest absolute Gasteiger partial charge is 0.184 e. The third-order valence-electron chi connectivity index (χ3n) is 3.73. The van der Waals surface area contributed by atoms with E-state index < -0.39 is 36.8 Å². The van der Waals surface area contributed by atoms with Crippen molar-refractivity contribution in [1.29, 1.82) is 0 Å². The molecule has 3 rings (SSSR count). The van der Waals surface area contributed by atoms with Gasteiger partial charge < -0.3 is 29.5 Å². The Morgan fingerprint density at radius 3 is 2.50 bits per heavy atom. The van der Waals surface area contributed by atoms with Gasteiger partial charge in [-0.2, -0.15) is 0 Å². The Morgan fingerprint density at radius 2 is 1.80 bits per heavy atom. The fourth-order valence-corrected chi connectivity index (χ4v) is 2.62. The lowest BCUT2D eigenvalue weighted by Gasteiger charge is -2.46. The van der Waals surface area contributed by atoms with Gasteiger partial charge in [-0.15, -0.1) is 0 Å². The second kappa shape index (κ2) is 5.77. The molecule has 6 atom stereocenters. The first kappa shape index (κ1) is 13.9. The maximum absolute atomic E-state index is 10.1. The molecule has 0 aliphatic carbocycles. The molecule has 1 aromatic rings. The number of fused-ring (bicyclic) bond motifs is 1. The van der Waals surface area contributed by atoms with Gasteiger partial charge in [0.1, 0.15) is 30.5 Å². The average Bonchev–Trinajstić information content (AvgIpc) is 2.51. The number of aliphatic hydroxyl groups excluding tert-OH is 3. The molecule has 2 saturated heterocycles. The molecule has 0 saturated carbocycles. The number of hydrogen-bond acceptors (Lipinski definition) is 6. The number of rotatable bonds is 2. The topological polar surface area (TPSA) is 88.4 Å². The zero-order chi connectivity index (χ0) is 14.1. The fourth-order valence-electron chi connectivity index (χ4n) is 2.62. The van der Waals surface area contributed by atoms with E-state index in [9.17, 15) is 10.2 Å². The summed E-state index contributed by atoms with van der Waals surface area (Å²) in [6.07, 6.45) is -4.85. The molecule has 0 radical (unpaired) electrons.